The standard InChI is InChI=1S/C27H28ClF2N5O2/c1-4-34(5-2)9-10-37-19-7-8-24(32-16-19)33-25-14-23-17(15-31-25)11-20(27(36)35(23)6-3)26-21(29)12-18(28)13-22(26)30/h7-8,11-16H,4-6,9-10H2,1-3H3,(H,31,32,33). The summed E-state index contributed by atoms with van der Waals surface area (Å²) in [7, 11) is 0. The number of fused-ring (bicyclic) bond motifs is 1. The van der Waals surface area contributed by atoms with Crippen LogP contribution in [-0.2, 0) is 6.54 Å². The van der Waals surface area contributed by atoms with Crippen LogP contribution >= 0.6 is 11.6 Å². The first kappa shape index (κ1) is 26.5. The molecule has 4 rings (SSSR count). The van der Waals surface area contributed by atoms with E-state index >= 15 is 0 Å². The van der Waals surface area contributed by atoms with Crippen molar-refractivity contribution in [1.82, 2.24) is 19.4 Å². The van der Waals surface area contributed by atoms with Crippen LogP contribution in [0, 0.1) is 11.6 Å². The highest BCUT2D eigenvalue weighted by Crippen LogP contribution is 2.29. The number of hydrogen-bond acceptors (Lipinski definition) is 6. The Hall–Kier alpha value is -3.56. The third-order valence-electron chi connectivity index (χ3n) is 6.13. The van der Waals surface area contributed by atoms with Crippen LogP contribution in [0.2, 0.25) is 5.02 Å². The predicted octanol–water partition coefficient (Wildman–Crippen LogP) is 5.87. The Morgan fingerprint density at radius 2 is 1.70 bits per heavy atom. The minimum absolute atomic E-state index is 0.0828. The van der Waals surface area contributed by atoms with E-state index in [1.807, 2.05) is 6.07 Å². The molecule has 0 unspecified atom stereocenters. The smallest absolute Gasteiger partial charge is 0.259 e. The quantitative estimate of drug-likeness (QED) is 0.278. The molecule has 0 aliphatic carbocycles. The average molecular weight is 528 g/mol. The molecule has 3 heterocycles. The van der Waals surface area contributed by atoms with E-state index in [-0.39, 0.29) is 10.6 Å². The van der Waals surface area contributed by atoms with Gasteiger partial charge in [-0.15, -0.1) is 0 Å². The summed E-state index contributed by atoms with van der Waals surface area (Å²) in [5.41, 5.74) is -0.456. The van der Waals surface area contributed by atoms with Gasteiger partial charge in [-0.05, 0) is 50.3 Å². The van der Waals surface area contributed by atoms with Gasteiger partial charge in [0.15, 0.2) is 0 Å². The zero-order valence-corrected chi connectivity index (χ0v) is 21.6. The van der Waals surface area contributed by atoms with Crippen molar-refractivity contribution in [2.45, 2.75) is 27.3 Å². The summed E-state index contributed by atoms with van der Waals surface area (Å²) < 4.78 is 36.4. The van der Waals surface area contributed by atoms with E-state index in [0.29, 0.717) is 41.4 Å². The molecule has 0 spiro atoms. The van der Waals surface area contributed by atoms with Gasteiger partial charge in [-0.2, -0.15) is 0 Å². The van der Waals surface area contributed by atoms with E-state index in [0.717, 1.165) is 31.8 Å². The molecule has 0 fully saturated rings. The molecule has 10 heteroatoms. The van der Waals surface area contributed by atoms with Crippen LogP contribution in [0.25, 0.3) is 22.0 Å². The van der Waals surface area contributed by atoms with Gasteiger partial charge in [-0.3, -0.25) is 4.79 Å². The average Bonchev–Trinajstić information content (AvgIpc) is 2.87. The molecule has 0 aliphatic rings. The summed E-state index contributed by atoms with van der Waals surface area (Å²) in [6.07, 6.45) is 3.18. The summed E-state index contributed by atoms with van der Waals surface area (Å²) >= 11 is 5.75. The summed E-state index contributed by atoms with van der Waals surface area (Å²) in [5.74, 6) is -0.120. The zero-order chi connectivity index (χ0) is 26.5. The Morgan fingerprint density at radius 3 is 2.32 bits per heavy atom. The lowest BCUT2D eigenvalue weighted by molar-refractivity contribution is 0.222. The molecule has 0 radical (unpaired) electrons. The molecule has 0 saturated carbocycles. The molecule has 194 valence electrons. The third-order valence-corrected chi connectivity index (χ3v) is 6.35. The number of ether oxygens (including phenoxy) is 1. The van der Waals surface area contributed by atoms with Crippen molar-refractivity contribution in [3.05, 3.63) is 75.8 Å². The molecule has 0 saturated heterocycles. The van der Waals surface area contributed by atoms with Gasteiger partial charge in [0.25, 0.3) is 5.56 Å². The van der Waals surface area contributed by atoms with Gasteiger partial charge in [-0.1, -0.05) is 25.4 Å². The number of nitrogens with one attached hydrogen (secondary N) is 1. The summed E-state index contributed by atoms with van der Waals surface area (Å²) in [4.78, 5) is 24.3. The fraction of sp³-hybridized carbons (Fsp3) is 0.296. The molecule has 0 bridgehead atoms. The third kappa shape index (κ3) is 5.89. The van der Waals surface area contributed by atoms with Crippen LogP contribution in [0.4, 0.5) is 20.4 Å². The number of likely N-dealkylation sites (N-methyl/N-ethyl adjacent to an activating group) is 1. The van der Waals surface area contributed by atoms with Gasteiger partial charge in [0.05, 0.1) is 22.8 Å². The van der Waals surface area contributed by atoms with Crippen molar-refractivity contribution in [2.24, 2.45) is 0 Å². The molecule has 1 aromatic carbocycles. The molecule has 0 aliphatic heterocycles. The summed E-state index contributed by atoms with van der Waals surface area (Å²) in [6.45, 7) is 9.67. The van der Waals surface area contributed by atoms with Gasteiger partial charge in [-0.25, -0.2) is 18.7 Å². The first-order chi connectivity index (χ1) is 17.8. The molecular weight excluding hydrogens is 500 g/mol. The SMILES string of the molecule is CCN(CC)CCOc1ccc(Nc2cc3c(cn2)cc(-c2c(F)cc(Cl)cc2F)c(=O)n3CC)nc1. The lowest BCUT2D eigenvalue weighted by Gasteiger charge is -2.18. The van der Waals surface area contributed by atoms with Gasteiger partial charge < -0.3 is 19.5 Å². The number of anilines is 2. The Kier molecular flexibility index (Phi) is 8.35. The number of benzene rings is 1. The number of halogens is 3. The van der Waals surface area contributed by atoms with E-state index in [4.69, 9.17) is 16.3 Å². The van der Waals surface area contributed by atoms with E-state index < -0.39 is 22.8 Å². The Labute approximate surface area is 218 Å². The second-order valence-electron chi connectivity index (χ2n) is 8.36. The van der Waals surface area contributed by atoms with Crippen molar-refractivity contribution in [1.29, 1.82) is 0 Å². The monoisotopic (exact) mass is 527 g/mol. The lowest BCUT2D eigenvalue weighted by atomic mass is 10.0. The van der Waals surface area contributed by atoms with Crippen molar-refractivity contribution in [3.8, 4) is 16.9 Å². The van der Waals surface area contributed by atoms with E-state index in [2.05, 4.69) is 34.0 Å². The second kappa shape index (κ2) is 11.7. The second-order valence-corrected chi connectivity index (χ2v) is 8.80. The van der Waals surface area contributed by atoms with Gasteiger partial charge in [0, 0.05) is 35.8 Å². The minimum Gasteiger partial charge on any atom is -0.491 e. The van der Waals surface area contributed by atoms with Crippen LogP contribution in [0.3, 0.4) is 0 Å². The van der Waals surface area contributed by atoms with E-state index in [1.54, 1.807) is 31.5 Å². The first-order valence-corrected chi connectivity index (χ1v) is 12.5. The van der Waals surface area contributed by atoms with Crippen LogP contribution in [0.1, 0.15) is 20.8 Å². The number of pyridine rings is 3. The normalized spacial score (nSPS) is 11.3. The topological polar surface area (TPSA) is 72.3 Å². The fourth-order valence-corrected chi connectivity index (χ4v) is 4.33. The van der Waals surface area contributed by atoms with Gasteiger partial charge in [0.1, 0.15) is 35.6 Å². The molecule has 0 amide bonds. The number of hydrogen-bond donors (Lipinski definition) is 1. The molecule has 3 aromatic heterocycles. The van der Waals surface area contributed by atoms with Gasteiger partial charge in [0.2, 0.25) is 0 Å². The summed E-state index contributed by atoms with van der Waals surface area (Å²) in [6, 6.07) is 8.72. The lowest BCUT2D eigenvalue weighted by Crippen LogP contribution is -2.27. The highest BCUT2D eigenvalue weighted by molar-refractivity contribution is 6.30. The maximum absolute atomic E-state index is 14.6. The maximum Gasteiger partial charge on any atom is 0.259 e. The first-order valence-electron chi connectivity index (χ1n) is 12.1. The largest absolute Gasteiger partial charge is 0.491 e. The van der Waals surface area contributed by atoms with Crippen molar-refractivity contribution >= 4 is 34.1 Å². The van der Waals surface area contributed by atoms with Crippen molar-refractivity contribution in [3.63, 3.8) is 0 Å². The maximum atomic E-state index is 14.6. The predicted molar refractivity (Wildman–Crippen MR) is 143 cm³/mol. The number of aromatic nitrogens is 3. The number of aryl methyl sites for hydroxylation is 1. The number of nitrogens with zero attached hydrogens (tertiary/aromatic N) is 4. The van der Waals surface area contributed by atoms with Gasteiger partial charge >= 0.3 is 0 Å². The number of rotatable bonds is 10. The Balaban J connectivity index is 1.58. The van der Waals surface area contributed by atoms with Crippen LogP contribution < -0.4 is 15.6 Å². The highest BCUT2D eigenvalue weighted by Gasteiger charge is 2.19. The fourth-order valence-electron chi connectivity index (χ4n) is 4.14. The van der Waals surface area contributed by atoms with Crippen LogP contribution in [0.5, 0.6) is 5.75 Å². The highest BCUT2D eigenvalue weighted by atomic mass is 35.5. The molecule has 1 N–H and O–H groups in total. The Morgan fingerprint density at radius 1 is 1.00 bits per heavy atom. The Bertz CT molecular complexity index is 1430. The molecule has 0 atom stereocenters. The van der Waals surface area contributed by atoms with Crippen LogP contribution in [0.15, 0.2) is 53.6 Å². The van der Waals surface area contributed by atoms with Crippen molar-refractivity contribution < 1.29 is 13.5 Å². The molecule has 37 heavy (non-hydrogen) atoms. The van der Waals surface area contributed by atoms with Crippen molar-refractivity contribution in [2.75, 3.05) is 31.6 Å². The zero-order valence-electron chi connectivity index (χ0n) is 20.9. The van der Waals surface area contributed by atoms with E-state index in [9.17, 15) is 13.6 Å². The van der Waals surface area contributed by atoms with Crippen LogP contribution in [-0.4, -0.2) is 45.7 Å². The van der Waals surface area contributed by atoms with E-state index in [1.165, 1.54) is 10.6 Å². The molecule has 4 aromatic rings. The summed E-state index contributed by atoms with van der Waals surface area (Å²) in [5, 5.41) is 3.59. The minimum atomic E-state index is -0.901. The molecule has 7 nitrogen and oxygen atoms in total. The molecular formula is C27H28ClF2N5O2.